The van der Waals surface area contributed by atoms with Gasteiger partial charge in [-0.05, 0) is 12.1 Å². The first-order chi connectivity index (χ1) is 4.61. The zero-order valence-electron chi connectivity index (χ0n) is 6.11. The predicted molar refractivity (Wildman–Crippen MR) is 37.9 cm³/mol. The molecule has 1 rings (SSSR count). The van der Waals surface area contributed by atoms with Crippen molar-refractivity contribution < 1.29 is 38.0 Å². The van der Waals surface area contributed by atoms with Crippen LogP contribution in [0.15, 0.2) is 35.2 Å². The van der Waals surface area contributed by atoms with Gasteiger partial charge < -0.3 is 5.14 Å². The van der Waals surface area contributed by atoms with Crippen molar-refractivity contribution in [2.75, 3.05) is 0 Å². The summed E-state index contributed by atoms with van der Waals surface area (Å²) in [6.45, 7) is 0. The van der Waals surface area contributed by atoms with E-state index < -0.39 is 10.0 Å². The Morgan fingerprint density at radius 1 is 1.09 bits per heavy atom. The summed E-state index contributed by atoms with van der Waals surface area (Å²) in [5.41, 5.74) is 0. The van der Waals surface area contributed by atoms with Crippen LogP contribution in [-0.4, -0.2) is 8.42 Å². The number of sulfonamides is 1. The van der Waals surface area contributed by atoms with E-state index in [0.29, 0.717) is 0 Å². The maximum Gasteiger partial charge on any atom is 1.00 e. The van der Waals surface area contributed by atoms with E-state index in [0.717, 1.165) is 0 Å². The third kappa shape index (κ3) is 3.35. The minimum absolute atomic E-state index is 0. The van der Waals surface area contributed by atoms with Gasteiger partial charge in [0.15, 0.2) is 0 Å². The van der Waals surface area contributed by atoms with Crippen LogP contribution in [0.3, 0.4) is 0 Å². The fourth-order valence-corrected chi connectivity index (χ4v) is 1.12. The molecule has 1 aromatic rings. The van der Waals surface area contributed by atoms with Gasteiger partial charge in [-0.15, -0.1) is 0 Å². The third-order valence-electron chi connectivity index (χ3n) is 1.05. The molecule has 0 aliphatic heterocycles. The van der Waals surface area contributed by atoms with Crippen molar-refractivity contribution >= 4 is 10.0 Å². The van der Waals surface area contributed by atoms with Crippen LogP contribution in [0, 0.1) is 0 Å². The molecule has 0 radical (unpaired) electrons. The standard InChI is InChI=1S/C6H6NO2S.Na/c7-10(8,9)6-4-2-1-3-5-6;/h1-5H,(H-,7,8,9);/q-1;+1. The second-order valence-corrected chi connectivity index (χ2v) is 3.29. The van der Waals surface area contributed by atoms with Crippen molar-refractivity contribution in [1.29, 1.82) is 0 Å². The van der Waals surface area contributed by atoms with Crippen molar-refractivity contribution in [3.63, 3.8) is 0 Å². The summed E-state index contributed by atoms with van der Waals surface area (Å²) < 4.78 is 21.0. The van der Waals surface area contributed by atoms with Crippen LogP contribution >= 0.6 is 0 Å². The smallest absolute Gasteiger partial charge is 0.560 e. The van der Waals surface area contributed by atoms with Crippen LogP contribution in [0.25, 0.3) is 5.14 Å². The first-order valence-electron chi connectivity index (χ1n) is 2.65. The normalized spacial score (nSPS) is 10.3. The van der Waals surface area contributed by atoms with Crippen LogP contribution < -0.4 is 29.6 Å². The molecule has 0 saturated carbocycles. The molecule has 1 N–H and O–H groups in total. The molecule has 0 fully saturated rings. The van der Waals surface area contributed by atoms with Crippen LogP contribution in [0.1, 0.15) is 0 Å². The monoisotopic (exact) mass is 179 g/mol. The molecule has 0 aromatic heterocycles. The van der Waals surface area contributed by atoms with Gasteiger partial charge in [0, 0.05) is 4.90 Å². The second kappa shape index (κ2) is 4.23. The Balaban J connectivity index is 0.000001000. The van der Waals surface area contributed by atoms with E-state index in [-0.39, 0.29) is 34.5 Å². The molecule has 0 amide bonds. The maximum absolute atomic E-state index is 10.5. The van der Waals surface area contributed by atoms with Gasteiger partial charge in [-0.2, -0.15) is 0 Å². The predicted octanol–water partition coefficient (Wildman–Crippen LogP) is -1.57. The quantitative estimate of drug-likeness (QED) is 0.489. The molecule has 0 aliphatic carbocycles. The van der Waals surface area contributed by atoms with Gasteiger partial charge in [0.2, 0.25) is 0 Å². The van der Waals surface area contributed by atoms with Gasteiger partial charge in [0.1, 0.15) is 0 Å². The van der Waals surface area contributed by atoms with Crippen molar-refractivity contribution in [3.8, 4) is 0 Å². The Bertz CT molecular complexity index is 309. The Labute approximate surface area is 87.9 Å². The third-order valence-corrected chi connectivity index (χ3v) is 1.95. The number of hydrogen-bond acceptors (Lipinski definition) is 2. The summed E-state index contributed by atoms with van der Waals surface area (Å²) in [5, 5.41) is 6.65. The van der Waals surface area contributed by atoms with Gasteiger partial charge in [0.05, 0.1) is 10.0 Å². The average Bonchev–Trinajstić information content (AvgIpc) is 1.88. The summed E-state index contributed by atoms with van der Waals surface area (Å²) in [6, 6.07) is 7.65. The molecule has 5 heteroatoms. The molecular weight excluding hydrogens is 173 g/mol. The van der Waals surface area contributed by atoms with Crippen LogP contribution in [0.2, 0.25) is 0 Å². The molecule has 0 atom stereocenters. The molecule has 0 saturated heterocycles. The number of nitrogens with one attached hydrogen (secondary N) is 1. The molecule has 0 bridgehead atoms. The first-order valence-corrected chi connectivity index (χ1v) is 4.14. The van der Waals surface area contributed by atoms with Gasteiger partial charge >= 0.3 is 29.6 Å². The van der Waals surface area contributed by atoms with Gasteiger partial charge in [-0.1, -0.05) is 18.2 Å². The van der Waals surface area contributed by atoms with E-state index in [9.17, 15) is 8.42 Å². The van der Waals surface area contributed by atoms with E-state index in [1.807, 2.05) is 0 Å². The molecule has 3 nitrogen and oxygen atoms in total. The zero-order chi connectivity index (χ0) is 7.61. The van der Waals surface area contributed by atoms with E-state index in [4.69, 9.17) is 5.14 Å². The van der Waals surface area contributed by atoms with Gasteiger partial charge in [-0.25, -0.2) is 8.42 Å². The van der Waals surface area contributed by atoms with Crippen LogP contribution in [0.5, 0.6) is 0 Å². The molecule has 1 aromatic carbocycles. The van der Waals surface area contributed by atoms with E-state index in [2.05, 4.69) is 0 Å². The molecule has 11 heavy (non-hydrogen) atoms. The van der Waals surface area contributed by atoms with E-state index in [1.165, 1.54) is 12.1 Å². The Hall–Kier alpha value is 0.130. The molecule has 0 unspecified atom stereocenters. The van der Waals surface area contributed by atoms with Crippen molar-refractivity contribution in [3.05, 3.63) is 35.5 Å². The maximum atomic E-state index is 10.5. The fraction of sp³-hybridized carbons (Fsp3) is 0. The fourth-order valence-electron chi connectivity index (χ4n) is 0.600. The van der Waals surface area contributed by atoms with E-state index >= 15 is 0 Å². The molecule has 0 aliphatic rings. The second-order valence-electron chi connectivity index (χ2n) is 1.82. The molecular formula is C6H6NNaO2S. The Kier molecular flexibility index (Phi) is 4.28. The summed E-state index contributed by atoms with van der Waals surface area (Å²) >= 11 is 0. The number of benzene rings is 1. The zero-order valence-corrected chi connectivity index (χ0v) is 8.93. The summed E-state index contributed by atoms with van der Waals surface area (Å²) in [4.78, 5) is 0.0370. The Morgan fingerprint density at radius 2 is 1.55 bits per heavy atom. The molecule has 0 spiro atoms. The van der Waals surface area contributed by atoms with Gasteiger partial charge in [-0.3, -0.25) is 0 Å². The minimum Gasteiger partial charge on any atom is -0.560 e. The van der Waals surface area contributed by atoms with E-state index in [1.54, 1.807) is 18.2 Å². The number of hydrogen-bond donors (Lipinski definition) is 0. The Morgan fingerprint density at radius 3 is 1.82 bits per heavy atom. The van der Waals surface area contributed by atoms with Crippen LogP contribution in [0.4, 0.5) is 0 Å². The topological polar surface area (TPSA) is 57.9 Å². The minimum atomic E-state index is -3.75. The van der Waals surface area contributed by atoms with Crippen molar-refractivity contribution in [1.82, 2.24) is 0 Å². The number of rotatable bonds is 1. The van der Waals surface area contributed by atoms with Crippen molar-refractivity contribution in [2.24, 2.45) is 0 Å². The van der Waals surface area contributed by atoms with Crippen LogP contribution in [-0.2, 0) is 10.0 Å². The van der Waals surface area contributed by atoms with Gasteiger partial charge in [0.25, 0.3) is 0 Å². The summed E-state index contributed by atoms with van der Waals surface area (Å²) in [7, 11) is -3.75. The largest absolute Gasteiger partial charge is 1.00 e. The van der Waals surface area contributed by atoms with Crippen molar-refractivity contribution in [2.45, 2.75) is 4.90 Å². The summed E-state index contributed by atoms with van der Waals surface area (Å²) in [5.74, 6) is 0. The summed E-state index contributed by atoms with van der Waals surface area (Å²) in [6.07, 6.45) is 0. The molecule has 54 valence electrons. The first kappa shape index (κ1) is 11.1. The average molecular weight is 179 g/mol. The molecule has 0 heterocycles. The SMILES string of the molecule is [NH-]S(=O)(=O)c1ccccc1.[Na+].